The Balaban J connectivity index is 1.21. The van der Waals surface area contributed by atoms with Crippen LogP contribution < -0.4 is 4.90 Å². The molecule has 55 heavy (non-hydrogen) atoms. The fraction of sp³-hybridized carbons (Fsp3) is 0. The van der Waals surface area contributed by atoms with E-state index in [0.717, 1.165) is 94.3 Å². The molecule has 0 unspecified atom stereocenters. The maximum absolute atomic E-state index is 6.65. The highest BCUT2D eigenvalue weighted by atomic mass is 16.3. The van der Waals surface area contributed by atoms with Gasteiger partial charge in [-0.05, 0) is 76.0 Å². The Morgan fingerprint density at radius 3 is 1.82 bits per heavy atom. The van der Waals surface area contributed by atoms with Crippen LogP contribution in [0.2, 0.25) is 0 Å². The Morgan fingerprint density at radius 2 is 0.945 bits per heavy atom. The zero-order valence-electron chi connectivity index (χ0n) is 29.8. The van der Waals surface area contributed by atoms with E-state index in [1.807, 2.05) is 24.3 Å². The SMILES string of the molecule is c1ccc(-c2ccc(-c3ccc4ccccc4c3)cc2N(c2ccc3oc4ccccc4c3c2)c2ccccc2-c2cccc3c2oc2ccccc23)cc1. The van der Waals surface area contributed by atoms with Gasteiger partial charge in [0.05, 0.1) is 11.4 Å². The summed E-state index contributed by atoms with van der Waals surface area (Å²) in [6.45, 7) is 0. The van der Waals surface area contributed by atoms with Gasteiger partial charge in [0.1, 0.15) is 22.3 Å². The fourth-order valence-corrected chi connectivity index (χ4v) is 8.24. The summed E-state index contributed by atoms with van der Waals surface area (Å²) in [5, 5.41) is 6.81. The second-order valence-electron chi connectivity index (χ2n) is 14.1. The van der Waals surface area contributed by atoms with Crippen molar-refractivity contribution in [2.75, 3.05) is 4.90 Å². The average molecular weight is 704 g/mol. The quantitative estimate of drug-likeness (QED) is 0.173. The lowest BCUT2D eigenvalue weighted by atomic mass is 9.94. The molecule has 3 heteroatoms. The van der Waals surface area contributed by atoms with Crippen molar-refractivity contribution < 1.29 is 8.83 Å². The van der Waals surface area contributed by atoms with Crippen LogP contribution in [-0.2, 0) is 0 Å². The zero-order valence-corrected chi connectivity index (χ0v) is 29.8. The predicted molar refractivity (Wildman–Crippen MR) is 229 cm³/mol. The molecule has 0 atom stereocenters. The predicted octanol–water partition coefficient (Wildman–Crippen LogP) is 15.1. The molecule has 11 rings (SSSR count). The molecule has 3 nitrogen and oxygen atoms in total. The molecular formula is C52H33NO2. The maximum atomic E-state index is 6.65. The van der Waals surface area contributed by atoms with Gasteiger partial charge in [0.2, 0.25) is 0 Å². The topological polar surface area (TPSA) is 29.5 Å². The minimum absolute atomic E-state index is 0.860. The molecule has 0 spiro atoms. The number of fused-ring (bicyclic) bond motifs is 7. The van der Waals surface area contributed by atoms with Crippen LogP contribution in [0.25, 0.3) is 88.0 Å². The van der Waals surface area contributed by atoms with Gasteiger partial charge in [-0.15, -0.1) is 0 Å². The second-order valence-corrected chi connectivity index (χ2v) is 14.1. The number of nitrogens with zero attached hydrogens (tertiary/aromatic N) is 1. The van der Waals surface area contributed by atoms with Gasteiger partial charge in [-0.25, -0.2) is 0 Å². The summed E-state index contributed by atoms with van der Waals surface area (Å²) in [7, 11) is 0. The van der Waals surface area contributed by atoms with Crippen LogP contribution in [0.4, 0.5) is 17.1 Å². The van der Waals surface area contributed by atoms with Gasteiger partial charge in [0.25, 0.3) is 0 Å². The van der Waals surface area contributed by atoms with E-state index in [1.165, 1.54) is 10.8 Å². The van der Waals surface area contributed by atoms with Gasteiger partial charge < -0.3 is 13.7 Å². The summed E-state index contributed by atoms with van der Waals surface area (Å²) in [4.78, 5) is 2.42. The summed E-state index contributed by atoms with van der Waals surface area (Å²) in [5.74, 6) is 0. The third-order valence-corrected chi connectivity index (χ3v) is 10.9. The molecule has 0 saturated heterocycles. The highest BCUT2D eigenvalue weighted by molar-refractivity contribution is 6.12. The number of hydrogen-bond donors (Lipinski definition) is 0. The van der Waals surface area contributed by atoms with Crippen LogP contribution in [0.3, 0.4) is 0 Å². The Kier molecular flexibility index (Phi) is 7.17. The summed E-state index contributed by atoms with van der Waals surface area (Å²) in [5.41, 5.74) is 13.3. The first kappa shape index (κ1) is 31.2. The molecule has 0 bridgehead atoms. The molecular weight excluding hydrogens is 671 g/mol. The van der Waals surface area contributed by atoms with Crippen LogP contribution in [0.1, 0.15) is 0 Å². The summed E-state index contributed by atoms with van der Waals surface area (Å²) in [6, 6.07) is 71.1. The highest BCUT2D eigenvalue weighted by Crippen LogP contribution is 2.48. The number of anilines is 3. The van der Waals surface area contributed by atoms with E-state index < -0.39 is 0 Å². The van der Waals surface area contributed by atoms with E-state index in [4.69, 9.17) is 8.83 Å². The molecule has 0 aliphatic heterocycles. The lowest BCUT2D eigenvalue weighted by Gasteiger charge is -2.30. The average Bonchev–Trinajstić information content (AvgIpc) is 3.83. The van der Waals surface area contributed by atoms with Crippen molar-refractivity contribution in [3.8, 4) is 33.4 Å². The lowest BCUT2D eigenvalue weighted by molar-refractivity contribution is 0.669. The van der Waals surface area contributed by atoms with Crippen molar-refractivity contribution >= 4 is 71.7 Å². The van der Waals surface area contributed by atoms with Crippen LogP contribution in [0.15, 0.2) is 209 Å². The van der Waals surface area contributed by atoms with E-state index >= 15 is 0 Å². The van der Waals surface area contributed by atoms with Crippen molar-refractivity contribution in [2.24, 2.45) is 0 Å². The Bertz CT molecular complexity index is 3220. The zero-order chi connectivity index (χ0) is 36.3. The molecule has 0 radical (unpaired) electrons. The molecule has 0 amide bonds. The van der Waals surface area contributed by atoms with E-state index in [9.17, 15) is 0 Å². The Labute approximate surface area is 317 Å². The van der Waals surface area contributed by atoms with Crippen molar-refractivity contribution in [3.63, 3.8) is 0 Å². The van der Waals surface area contributed by atoms with Gasteiger partial charge in [-0.2, -0.15) is 0 Å². The van der Waals surface area contributed by atoms with Crippen molar-refractivity contribution in [1.29, 1.82) is 0 Å². The minimum Gasteiger partial charge on any atom is -0.456 e. The standard InChI is InChI=1S/C52H33NO2/c1-2-14-35(15-3-1)40-29-27-38(37-26-25-34-13-4-5-16-36(34)31-37)32-48(40)53(39-28-30-51-46(33-39)43-19-8-10-23-49(43)54-51)47-22-9-6-17-41(47)44-20-12-21-45-42-18-7-11-24-50(42)55-52(44)45/h1-33H. The number of rotatable bonds is 6. The van der Waals surface area contributed by atoms with Crippen LogP contribution in [0, 0.1) is 0 Å². The lowest BCUT2D eigenvalue weighted by Crippen LogP contribution is -2.12. The first-order valence-corrected chi connectivity index (χ1v) is 18.7. The van der Waals surface area contributed by atoms with E-state index in [0.29, 0.717) is 0 Å². The summed E-state index contributed by atoms with van der Waals surface area (Å²) < 4.78 is 13.0. The third kappa shape index (κ3) is 5.20. The van der Waals surface area contributed by atoms with E-state index in [2.05, 4.69) is 181 Å². The van der Waals surface area contributed by atoms with E-state index in [-0.39, 0.29) is 0 Å². The summed E-state index contributed by atoms with van der Waals surface area (Å²) in [6.07, 6.45) is 0. The number of para-hydroxylation sites is 4. The van der Waals surface area contributed by atoms with E-state index in [1.54, 1.807) is 0 Å². The largest absolute Gasteiger partial charge is 0.456 e. The third-order valence-electron chi connectivity index (χ3n) is 10.9. The first-order valence-electron chi connectivity index (χ1n) is 18.7. The highest BCUT2D eigenvalue weighted by Gasteiger charge is 2.24. The molecule has 0 fully saturated rings. The van der Waals surface area contributed by atoms with Crippen molar-refractivity contribution in [2.45, 2.75) is 0 Å². The normalized spacial score (nSPS) is 11.6. The number of benzene rings is 9. The molecule has 0 aliphatic carbocycles. The number of hydrogen-bond acceptors (Lipinski definition) is 3. The molecule has 0 aliphatic rings. The van der Waals surface area contributed by atoms with Gasteiger partial charge in [-0.3, -0.25) is 0 Å². The minimum atomic E-state index is 0.860. The number of furan rings is 2. The Hall–Kier alpha value is -7.36. The molecule has 11 aromatic rings. The molecule has 0 saturated carbocycles. The van der Waals surface area contributed by atoms with Crippen LogP contribution >= 0.6 is 0 Å². The second kappa shape index (κ2) is 12.6. The van der Waals surface area contributed by atoms with Gasteiger partial charge in [0.15, 0.2) is 0 Å². The molecule has 2 aromatic heterocycles. The van der Waals surface area contributed by atoms with Crippen LogP contribution in [0.5, 0.6) is 0 Å². The molecule has 0 N–H and O–H groups in total. The van der Waals surface area contributed by atoms with Crippen LogP contribution in [-0.4, -0.2) is 0 Å². The van der Waals surface area contributed by atoms with Gasteiger partial charge in [0, 0.05) is 43.9 Å². The molecule has 9 aromatic carbocycles. The van der Waals surface area contributed by atoms with Gasteiger partial charge in [-0.1, -0.05) is 152 Å². The van der Waals surface area contributed by atoms with Crippen molar-refractivity contribution in [1.82, 2.24) is 0 Å². The molecule has 258 valence electrons. The monoisotopic (exact) mass is 703 g/mol. The summed E-state index contributed by atoms with van der Waals surface area (Å²) >= 11 is 0. The van der Waals surface area contributed by atoms with Crippen molar-refractivity contribution in [3.05, 3.63) is 200 Å². The molecule has 2 heterocycles. The fourth-order valence-electron chi connectivity index (χ4n) is 8.24. The van der Waals surface area contributed by atoms with Gasteiger partial charge >= 0.3 is 0 Å². The Morgan fingerprint density at radius 1 is 0.309 bits per heavy atom. The smallest absolute Gasteiger partial charge is 0.143 e. The first-order chi connectivity index (χ1) is 27.3. The maximum Gasteiger partial charge on any atom is 0.143 e.